The van der Waals surface area contributed by atoms with Crippen LogP contribution in [0.25, 0.3) is 0 Å². The Morgan fingerprint density at radius 1 is 1.25 bits per heavy atom. The minimum absolute atomic E-state index is 0.128. The molecule has 20 heavy (non-hydrogen) atoms. The third-order valence-corrected chi connectivity index (χ3v) is 4.11. The smallest absolute Gasteiger partial charge is 0.134 e. The van der Waals surface area contributed by atoms with E-state index >= 15 is 0 Å². The number of nitrogens with two attached hydrogens (primary N) is 1. The Balaban J connectivity index is 1.77. The van der Waals surface area contributed by atoms with Gasteiger partial charge in [0.15, 0.2) is 0 Å². The van der Waals surface area contributed by atoms with Crippen molar-refractivity contribution >= 4 is 17.3 Å². The predicted octanol–water partition coefficient (Wildman–Crippen LogP) is 3.19. The number of nitrogen functional groups attached to an aromatic ring is 1. The number of phenolic OH excluding ortho intramolecular Hbond substituents is 1. The van der Waals surface area contributed by atoms with Crippen molar-refractivity contribution < 1.29 is 5.11 Å². The average Bonchev–Trinajstić information content (AvgIpc) is 2.44. The summed E-state index contributed by atoms with van der Waals surface area (Å²) in [6.07, 6.45) is 1.02. The van der Waals surface area contributed by atoms with E-state index in [1.807, 2.05) is 24.3 Å². The van der Waals surface area contributed by atoms with Crippen molar-refractivity contribution in [3.05, 3.63) is 58.1 Å². The van der Waals surface area contributed by atoms with Crippen molar-refractivity contribution in [1.82, 2.24) is 4.90 Å². The summed E-state index contributed by atoms with van der Waals surface area (Å²) in [5.41, 5.74) is 10.6. The van der Waals surface area contributed by atoms with Crippen molar-refractivity contribution in [1.29, 1.82) is 0 Å². The van der Waals surface area contributed by atoms with Gasteiger partial charge in [-0.15, -0.1) is 0 Å². The SMILES string of the molecule is Nc1cccc2c1CN(Cc1ccc(O)c(Cl)c1)CC2. The Morgan fingerprint density at radius 2 is 2.10 bits per heavy atom. The molecule has 0 amide bonds. The molecule has 4 heteroatoms. The molecule has 0 saturated heterocycles. The zero-order valence-corrected chi connectivity index (χ0v) is 11.9. The number of phenols is 1. The topological polar surface area (TPSA) is 49.5 Å². The third-order valence-electron chi connectivity index (χ3n) is 3.81. The summed E-state index contributed by atoms with van der Waals surface area (Å²) >= 11 is 5.95. The Bertz CT molecular complexity index is 642. The van der Waals surface area contributed by atoms with Crippen LogP contribution in [-0.2, 0) is 19.5 Å². The van der Waals surface area contributed by atoms with Crippen molar-refractivity contribution in [2.75, 3.05) is 12.3 Å². The maximum Gasteiger partial charge on any atom is 0.134 e. The van der Waals surface area contributed by atoms with E-state index in [2.05, 4.69) is 11.0 Å². The van der Waals surface area contributed by atoms with E-state index in [0.29, 0.717) is 5.02 Å². The minimum atomic E-state index is 0.128. The summed E-state index contributed by atoms with van der Waals surface area (Å²) in [6, 6.07) is 11.5. The minimum Gasteiger partial charge on any atom is -0.506 e. The Hall–Kier alpha value is -1.71. The first-order chi connectivity index (χ1) is 9.63. The number of hydrogen-bond donors (Lipinski definition) is 2. The molecule has 2 aromatic carbocycles. The van der Waals surface area contributed by atoms with Gasteiger partial charge in [0.1, 0.15) is 5.75 Å². The van der Waals surface area contributed by atoms with Gasteiger partial charge >= 0.3 is 0 Å². The quantitative estimate of drug-likeness (QED) is 0.835. The van der Waals surface area contributed by atoms with E-state index in [1.165, 1.54) is 11.1 Å². The predicted molar refractivity (Wildman–Crippen MR) is 81.8 cm³/mol. The normalized spacial score (nSPS) is 15.1. The van der Waals surface area contributed by atoms with E-state index in [9.17, 15) is 5.11 Å². The zero-order chi connectivity index (χ0) is 14.1. The van der Waals surface area contributed by atoms with E-state index in [0.717, 1.165) is 37.3 Å². The first-order valence-electron chi connectivity index (χ1n) is 6.69. The van der Waals surface area contributed by atoms with Crippen LogP contribution in [0.15, 0.2) is 36.4 Å². The molecular formula is C16H17ClN2O. The number of aromatic hydroxyl groups is 1. The van der Waals surface area contributed by atoms with Crippen LogP contribution in [-0.4, -0.2) is 16.6 Å². The lowest BCUT2D eigenvalue weighted by Gasteiger charge is -2.29. The molecule has 0 unspecified atom stereocenters. The number of hydrogen-bond acceptors (Lipinski definition) is 3. The molecule has 1 heterocycles. The second-order valence-electron chi connectivity index (χ2n) is 5.23. The van der Waals surface area contributed by atoms with Crippen LogP contribution in [0.2, 0.25) is 5.02 Å². The maximum atomic E-state index is 9.45. The van der Waals surface area contributed by atoms with Crippen LogP contribution in [0.3, 0.4) is 0 Å². The molecule has 3 N–H and O–H groups in total. The number of nitrogens with zero attached hydrogens (tertiary/aromatic N) is 1. The number of anilines is 1. The fourth-order valence-corrected chi connectivity index (χ4v) is 2.91. The fraction of sp³-hybridized carbons (Fsp3) is 0.250. The number of benzene rings is 2. The Kier molecular flexibility index (Phi) is 3.55. The molecule has 0 aromatic heterocycles. The van der Waals surface area contributed by atoms with Gasteiger partial charge in [-0.3, -0.25) is 4.90 Å². The summed E-state index contributed by atoms with van der Waals surface area (Å²) in [7, 11) is 0. The summed E-state index contributed by atoms with van der Waals surface area (Å²) < 4.78 is 0. The molecule has 0 aliphatic carbocycles. The van der Waals surface area contributed by atoms with Gasteiger partial charge in [-0.1, -0.05) is 29.8 Å². The summed E-state index contributed by atoms with van der Waals surface area (Å²) in [6.45, 7) is 2.68. The van der Waals surface area contributed by atoms with Gasteiger partial charge in [-0.25, -0.2) is 0 Å². The van der Waals surface area contributed by atoms with Gasteiger partial charge in [0.2, 0.25) is 0 Å². The van der Waals surface area contributed by atoms with Gasteiger partial charge in [-0.05, 0) is 41.3 Å². The Morgan fingerprint density at radius 3 is 2.90 bits per heavy atom. The molecule has 0 spiro atoms. The second-order valence-corrected chi connectivity index (χ2v) is 5.64. The monoisotopic (exact) mass is 288 g/mol. The van der Waals surface area contributed by atoms with Crippen LogP contribution >= 0.6 is 11.6 Å². The highest BCUT2D eigenvalue weighted by Crippen LogP contribution is 2.27. The zero-order valence-electron chi connectivity index (χ0n) is 11.1. The molecule has 3 rings (SSSR count). The van der Waals surface area contributed by atoms with Crippen LogP contribution in [0, 0.1) is 0 Å². The third kappa shape index (κ3) is 2.60. The highest BCUT2D eigenvalue weighted by atomic mass is 35.5. The van der Waals surface area contributed by atoms with Gasteiger partial charge in [0, 0.05) is 25.3 Å². The largest absolute Gasteiger partial charge is 0.506 e. The number of halogens is 1. The molecule has 0 radical (unpaired) electrons. The van der Waals surface area contributed by atoms with Crippen LogP contribution < -0.4 is 5.73 Å². The molecule has 104 valence electrons. The molecular weight excluding hydrogens is 272 g/mol. The molecule has 0 saturated carbocycles. The molecule has 0 atom stereocenters. The van der Waals surface area contributed by atoms with E-state index in [4.69, 9.17) is 17.3 Å². The lowest BCUT2D eigenvalue weighted by atomic mass is 9.98. The number of fused-ring (bicyclic) bond motifs is 1. The summed E-state index contributed by atoms with van der Waals surface area (Å²) in [4.78, 5) is 2.35. The van der Waals surface area contributed by atoms with E-state index in [1.54, 1.807) is 6.07 Å². The summed E-state index contributed by atoms with van der Waals surface area (Å²) in [5.74, 6) is 0.128. The van der Waals surface area contributed by atoms with E-state index in [-0.39, 0.29) is 5.75 Å². The van der Waals surface area contributed by atoms with Gasteiger partial charge in [0.05, 0.1) is 5.02 Å². The molecule has 0 bridgehead atoms. The second kappa shape index (κ2) is 5.35. The van der Waals surface area contributed by atoms with Crippen LogP contribution in [0.4, 0.5) is 5.69 Å². The van der Waals surface area contributed by atoms with Gasteiger partial charge in [-0.2, -0.15) is 0 Å². The molecule has 2 aromatic rings. The standard InChI is InChI=1S/C16H17ClN2O/c17-14-8-11(4-5-16(14)20)9-19-7-6-12-2-1-3-15(18)13(12)10-19/h1-5,8,20H,6-7,9-10,18H2. The van der Waals surface area contributed by atoms with Crippen molar-refractivity contribution in [3.8, 4) is 5.75 Å². The fourth-order valence-electron chi connectivity index (χ4n) is 2.70. The van der Waals surface area contributed by atoms with Gasteiger partial charge < -0.3 is 10.8 Å². The molecule has 1 aliphatic rings. The van der Waals surface area contributed by atoms with E-state index < -0.39 is 0 Å². The average molecular weight is 289 g/mol. The lowest BCUT2D eigenvalue weighted by molar-refractivity contribution is 0.246. The molecule has 1 aliphatic heterocycles. The molecule has 0 fully saturated rings. The van der Waals surface area contributed by atoms with Crippen molar-refractivity contribution in [2.45, 2.75) is 19.5 Å². The molecule has 3 nitrogen and oxygen atoms in total. The van der Waals surface area contributed by atoms with Gasteiger partial charge in [0.25, 0.3) is 0 Å². The maximum absolute atomic E-state index is 9.45. The lowest BCUT2D eigenvalue weighted by Crippen LogP contribution is -2.30. The van der Waals surface area contributed by atoms with Crippen molar-refractivity contribution in [2.24, 2.45) is 0 Å². The highest BCUT2D eigenvalue weighted by molar-refractivity contribution is 6.32. The first-order valence-corrected chi connectivity index (χ1v) is 7.07. The highest BCUT2D eigenvalue weighted by Gasteiger charge is 2.18. The first kappa shape index (κ1) is 13.3. The summed E-state index contributed by atoms with van der Waals surface area (Å²) in [5, 5.41) is 9.86. The van der Waals surface area contributed by atoms with Crippen LogP contribution in [0.5, 0.6) is 5.75 Å². The Labute approximate surface area is 123 Å². The van der Waals surface area contributed by atoms with Crippen LogP contribution in [0.1, 0.15) is 16.7 Å². The van der Waals surface area contributed by atoms with Crippen molar-refractivity contribution in [3.63, 3.8) is 0 Å². The number of rotatable bonds is 2.